The molecule has 1 aliphatic heterocycles. The second-order valence-corrected chi connectivity index (χ2v) is 11.5. The molecule has 0 fully saturated rings. The zero-order valence-corrected chi connectivity index (χ0v) is 20.1. The van der Waals surface area contributed by atoms with Gasteiger partial charge in [-0.05, 0) is 29.3 Å². The van der Waals surface area contributed by atoms with Crippen LogP contribution in [0.3, 0.4) is 0 Å². The van der Waals surface area contributed by atoms with Crippen LogP contribution in [0.25, 0.3) is 0 Å². The first-order chi connectivity index (χ1) is 16.1. The van der Waals surface area contributed by atoms with E-state index < -0.39 is 31.5 Å². The normalized spacial score (nSPS) is 16.6. The molecule has 1 heterocycles. The third-order valence-corrected chi connectivity index (χ3v) is 8.29. The van der Waals surface area contributed by atoms with Gasteiger partial charge in [0.15, 0.2) is 0 Å². The number of hydrogen-bond donors (Lipinski definition) is 0. The van der Waals surface area contributed by atoms with Crippen molar-refractivity contribution in [2.24, 2.45) is 10.4 Å². The van der Waals surface area contributed by atoms with Crippen molar-refractivity contribution < 1.29 is 18.0 Å². The summed E-state index contributed by atoms with van der Waals surface area (Å²) in [4.78, 5) is 18.0. The zero-order valence-electron chi connectivity index (χ0n) is 19.3. The molecule has 1 aliphatic rings. The van der Waals surface area contributed by atoms with E-state index in [1.807, 2.05) is 93.6 Å². The number of amidine groups is 1. The topological polar surface area (TPSA) is 32.7 Å². The number of carbonyl (C=O) groups is 1. The summed E-state index contributed by atoms with van der Waals surface area (Å²) in [6, 6.07) is 26.8. The van der Waals surface area contributed by atoms with Crippen molar-refractivity contribution in [1.82, 2.24) is 4.90 Å². The lowest BCUT2D eigenvalue weighted by Crippen LogP contribution is -2.46. The van der Waals surface area contributed by atoms with Crippen LogP contribution < -0.4 is 15.9 Å². The molecule has 0 aromatic heterocycles. The molecule has 176 valence electrons. The van der Waals surface area contributed by atoms with E-state index >= 15 is 0 Å². The van der Waals surface area contributed by atoms with Crippen molar-refractivity contribution in [3.63, 3.8) is 0 Å². The summed E-state index contributed by atoms with van der Waals surface area (Å²) in [5.41, 5.74) is 0.162. The van der Waals surface area contributed by atoms with Gasteiger partial charge in [-0.25, -0.2) is 0 Å². The van der Waals surface area contributed by atoms with E-state index in [2.05, 4.69) is 0 Å². The van der Waals surface area contributed by atoms with E-state index in [4.69, 9.17) is 4.99 Å². The molecule has 0 aliphatic carbocycles. The molecule has 1 amide bonds. The minimum absolute atomic E-state index is 0.0946. The molecule has 0 radical (unpaired) electrons. The summed E-state index contributed by atoms with van der Waals surface area (Å²) < 4.78 is 40.7. The SMILES string of the molecule is CC(C)(C)[C@H]1CN(C(=O)C(F)(F)F)C(c2ccccc2P(c2ccccc2)c2ccccc2)=N1. The van der Waals surface area contributed by atoms with Crippen molar-refractivity contribution in [3.8, 4) is 0 Å². The van der Waals surface area contributed by atoms with Crippen LogP contribution in [-0.2, 0) is 4.79 Å². The van der Waals surface area contributed by atoms with E-state index in [9.17, 15) is 18.0 Å². The average Bonchev–Trinajstić information content (AvgIpc) is 3.26. The average molecular weight is 482 g/mol. The Labute approximate surface area is 199 Å². The minimum Gasteiger partial charge on any atom is -0.287 e. The fraction of sp³-hybridized carbons (Fsp3) is 0.259. The van der Waals surface area contributed by atoms with Gasteiger partial charge in [0.1, 0.15) is 5.84 Å². The van der Waals surface area contributed by atoms with Crippen molar-refractivity contribution in [2.45, 2.75) is 33.0 Å². The van der Waals surface area contributed by atoms with Gasteiger partial charge in [0, 0.05) is 5.56 Å². The number of benzene rings is 3. The van der Waals surface area contributed by atoms with E-state index in [1.165, 1.54) is 0 Å². The van der Waals surface area contributed by atoms with E-state index in [1.54, 1.807) is 12.1 Å². The summed E-state index contributed by atoms with van der Waals surface area (Å²) in [5, 5.41) is 3.00. The Kier molecular flexibility index (Phi) is 6.64. The molecule has 0 bridgehead atoms. The molecule has 3 aromatic rings. The number of carbonyl (C=O) groups excluding carboxylic acids is 1. The zero-order chi connectivity index (χ0) is 24.5. The Morgan fingerprint density at radius 2 is 1.35 bits per heavy atom. The maximum absolute atomic E-state index is 13.6. The van der Waals surface area contributed by atoms with Gasteiger partial charge in [-0.1, -0.05) is 106 Å². The largest absolute Gasteiger partial charge is 0.471 e. The maximum Gasteiger partial charge on any atom is 0.471 e. The van der Waals surface area contributed by atoms with Gasteiger partial charge in [-0.3, -0.25) is 14.7 Å². The van der Waals surface area contributed by atoms with Gasteiger partial charge in [-0.2, -0.15) is 13.2 Å². The highest BCUT2D eigenvalue weighted by atomic mass is 31.1. The van der Waals surface area contributed by atoms with Crippen LogP contribution in [0.1, 0.15) is 26.3 Å². The summed E-state index contributed by atoms with van der Waals surface area (Å²) in [6.07, 6.45) is -4.98. The monoisotopic (exact) mass is 482 g/mol. The predicted octanol–water partition coefficient (Wildman–Crippen LogP) is 5.01. The third kappa shape index (κ3) is 4.92. The first-order valence-electron chi connectivity index (χ1n) is 11.0. The molecule has 34 heavy (non-hydrogen) atoms. The number of nitrogens with zero attached hydrogens (tertiary/aromatic N) is 2. The van der Waals surface area contributed by atoms with Gasteiger partial charge in [0.05, 0.1) is 12.6 Å². The van der Waals surface area contributed by atoms with Gasteiger partial charge in [-0.15, -0.1) is 0 Å². The molecule has 0 saturated carbocycles. The first-order valence-corrected chi connectivity index (χ1v) is 12.4. The molecule has 0 saturated heterocycles. The molecule has 0 N–H and O–H groups in total. The summed E-state index contributed by atoms with van der Waals surface area (Å²) in [5.74, 6) is -1.78. The van der Waals surface area contributed by atoms with Crippen molar-refractivity contribution in [2.75, 3.05) is 6.54 Å². The number of aliphatic imine (C=N–C) groups is 1. The van der Waals surface area contributed by atoms with Crippen molar-refractivity contribution in [3.05, 3.63) is 90.5 Å². The minimum atomic E-state index is -4.98. The fourth-order valence-corrected chi connectivity index (χ4v) is 6.42. The van der Waals surface area contributed by atoms with Crippen LogP contribution in [0.4, 0.5) is 13.2 Å². The maximum atomic E-state index is 13.6. The Hall–Kier alpha value is -2.98. The van der Waals surface area contributed by atoms with Crippen LogP contribution >= 0.6 is 7.92 Å². The number of alkyl halides is 3. The molecule has 4 rings (SSSR count). The van der Waals surface area contributed by atoms with Crippen molar-refractivity contribution >= 4 is 35.6 Å². The van der Waals surface area contributed by atoms with Gasteiger partial charge in [0.25, 0.3) is 0 Å². The Morgan fingerprint density at radius 1 is 0.853 bits per heavy atom. The van der Waals surface area contributed by atoms with E-state index in [0.717, 1.165) is 20.8 Å². The quantitative estimate of drug-likeness (QED) is 0.482. The smallest absolute Gasteiger partial charge is 0.287 e. The molecule has 0 unspecified atom stereocenters. The van der Waals surface area contributed by atoms with Crippen LogP contribution in [0.15, 0.2) is 89.9 Å². The number of amides is 1. The van der Waals surface area contributed by atoms with Gasteiger partial charge in [0.2, 0.25) is 0 Å². The van der Waals surface area contributed by atoms with Crippen LogP contribution in [0.5, 0.6) is 0 Å². The highest BCUT2D eigenvalue weighted by Gasteiger charge is 2.48. The standard InChI is InChI=1S/C27H26F3N2OP/c1-26(2,3)23-18-32(25(33)27(28,29)30)24(31-23)21-16-10-11-17-22(21)34(19-12-6-4-7-13-19)20-14-8-5-9-15-20/h4-17,23H,18H2,1-3H3/t23-/m1/s1. The summed E-state index contributed by atoms with van der Waals surface area (Å²) >= 11 is 0. The van der Waals surface area contributed by atoms with Crippen LogP contribution in [0, 0.1) is 5.41 Å². The number of hydrogen-bond acceptors (Lipinski definition) is 2. The molecule has 3 nitrogen and oxygen atoms in total. The lowest BCUT2D eigenvalue weighted by atomic mass is 9.87. The lowest BCUT2D eigenvalue weighted by molar-refractivity contribution is -0.181. The Balaban J connectivity index is 1.91. The van der Waals surface area contributed by atoms with E-state index in [-0.39, 0.29) is 12.4 Å². The van der Waals surface area contributed by atoms with E-state index in [0.29, 0.717) is 5.56 Å². The predicted molar refractivity (Wildman–Crippen MR) is 133 cm³/mol. The number of rotatable bonds is 4. The molecular formula is C27H26F3N2OP. The lowest BCUT2D eigenvalue weighted by Gasteiger charge is -2.27. The number of halogens is 3. The van der Waals surface area contributed by atoms with Gasteiger partial charge < -0.3 is 0 Å². The highest BCUT2D eigenvalue weighted by Crippen LogP contribution is 2.37. The van der Waals surface area contributed by atoms with Crippen molar-refractivity contribution in [1.29, 1.82) is 0 Å². The first kappa shape index (κ1) is 24.2. The summed E-state index contributed by atoms with van der Waals surface area (Å²) in [6.45, 7) is 5.67. The fourth-order valence-electron chi connectivity index (χ4n) is 3.97. The Morgan fingerprint density at radius 3 is 1.85 bits per heavy atom. The molecule has 0 spiro atoms. The molecular weight excluding hydrogens is 456 g/mol. The van der Waals surface area contributed by atoms with Crippen LogP contribution in [-0.4, -0.2) is 35.4 Å². The molecule has 7 heteroatoms. The molecule has 1 atom stereocenters. The third-order valence-electron chi connectivity index (χ3n) is 5.79. The summed E-state index contributed by atoms with van der Waals surface area (Å²) in [7, 11) is -1.09. The van der Waals surface area contributed by atoms with Crippen LogP contribution in [0.2, 0.25) is 0 Å². The molecule has 3 aromatic carbocycles. The second kappa shape index (κ2) is 9.34. The second-order valence-electron chi connectivity index (χ2n) is 9.27. The van der Waals surface area contributed by atoms with Gasteiger partial charge >= 0.3 is 12.1 Å². The Bertz CT molecular complexity index is 1150. The highest BCUT2D eigenvalue weighted by molar-refractivity contribution is 7.80.